The number of fused-ring (bicyclic) bond motifs is 7. The monoisotopic (exact) mass is 717 g/mol. The Balaban J connectivity index is 1.09. The van der Waals surface area contributed by atoms with Gasteiger partial charge in [0.1, 0.15) is 0 Å². The van der Waals surface area contributed by atoms with E-state index in [1.165, 1.54) is 58.4 Å². The Morgan fingerprint density at radius 3 is 1.60 bits per heavy atom. The van der Waals surface area contributed by atoms with Crippen LogP contribution < -0.4 is 0 Å². The van der Waals surface area contributed by atoms with E-state index >= 15 is 0 Å². The summed E-state index contributed by atoms with van der Waals surface area (Å²) < 4.78 is 2.49. The Morgan fingerprint density at radius 1 is 0.291 bits per heavy atom. The largest absolute Gasteiger partial charge is 0.208 e. The number of hydrogen-bond acceptors (Lipinski definition) is 4. The summed E-state index contributed by atoms with van der Waals surface area (Å²) in [5.74, 6) is 1.95. The average Bonchev–Trinajstić information content (AvgIpc) is 3.64. The molecule has 256 valence electrons. The van der Waals surface area contributed by atoms with Crippen molar-refractivity contribution in [2.45, 2.75) is 0 Å². The molecular formula is C51H31N3S. The number of hydrogen-bond donors (Lipinski definition) is 0. The number of benzene rings is 9. The van der Waals surface area contributed by atoms with Crippen molar-refractivity contribution in [1.29, 1.82) is 0 Å². The maximum Gasteiger partial charge on any atom is 0.164 e. The van der Waals surface area contributed by atoms with Crippen molar-refractivity contribution in [3.63, 3.8) is 0 Å². The molecule has 11 aromatic rings. The summed E-state index contributed by atoms with van der Waals surface area (Å²) in [4.78, 5) is 15.7. The molecule has 4 heteroatoms. The van der Waals surface area contributed by atoms with Crippen LogP contribution in [0.3, 0.4) is 0 Å². The zero-order chi connectivity index (χ0) is 36.3. The smallest absolute Gasteiger partial charge is 0.164 e. The highest BCUT2D eigenvalue weighted by Gasteiger charge is 2.17. The van der Waals surface area contributed by atoms with E-state index in [0.29, 0.717) is 17.5 Å². The van der Waals surface area contributed by atoms with E-state index < -0.39 is 0 Å². The van der Waals surface area contributed by atoms with Crippen LogP contribution >= 0.6 is 11.3 Å². The van der Waals surface area contributed by atoms with Crippen LogP contribution in [0.25, 0.3) is 109 Å². The summed E-state index contributed by atoms with van der Waals surface area (Å²) >= 11 is 1.80. The highest BCUT2D eigenvalue weighted by atomic mass is 32.1. The molecule has 11 rings (SSSR count). The molecule has 2 aromatic heterocycles. The molecule has 0 aliphatic heterocycles. The number of rotatable bonds is 5. The van der Waals surface area contributed by atoms with E-state index in [1.807, 2.05) is 0 Å². The molecule has 2 heterocycles. The van der Waals surface area contributed by atoms with Crippen molar-refractivity contribution in [2.24, 2.45) is 0 Å². The molecule has 0 radical (unpaired) electrons. The molecule has 0 spiro atoms. The summed E-state index contributed by atoms with van der Waals surface area (Å²) in [6.07, 6.45) is 0. The fourth-order valence-electron chi connectivity index (χ4n) is 8.10. The van der Waals surface area contributed by atoms with Gasteiger partial charge in [-0.2, -0.15) is 0 Å². The molecule has 0 N–H and O–H groups in total. The van der Waals surface area contributed by atoms with E-state index in [4.69, 9.17) is 15.0 Å². The fourth-order valence-corrected chi connectivity index (χ4v) is 9.25. The van der Waals surface area contributed by atoms with Gasteiger partial charge in [0, 0.05) is 42.2 Å². The SMILES string of the molecule is c1ccc(-c2cccc3cccc(-c4ccc(-c5nc(-c6ccc7c(c6)sc6ccccc67)nc(-c6cccc7ccc8ccccc8c67)n5)cc4)c23)cc1. The van der Waals surface area contributed by atoms with Gasteiger partial charge in [-0.3, -0.25) is 0 Å². The molecular weight excluding hydrogens is 687 g/mol. The molecule has 0 amide bonds. The Morgan fingerprint density at radius 2 is 0.818 bits per heavy atom. The summed E-state index contributed by atoms with van der Waals surface area (Å²) in [6.45, 7) is 0. The van der Waals surface area contributed by atoms with Gasteiger partial charge in [0.05, 0.1) is 0 Å². The molecule has 0 fully saturated rings. The molecule has 0 unspecified atom stereocenters. The lowest BCUT2D eigenvalue weighted by Gasteiger charge is -2.14. The number of aromatic nitrogens is 3. The van der Waals surface area contributed by atoms with Gasteiger partial charge in [0.15, 0.2) is 17.5 Å². The maximum absolute atomic E-state index is 5.24. The van der Waals surface area contributed by atoms with Crippen molar-refractivity contribution in [2.75, 3.05) is 0 Å². The lowest BCUT2D eigenvalue weighted by atomic mass is 9.91. The van der Waals surface area contributed by atoms with Crippen LogP contribution in [0.4, 0.5) is 0 Å². The van der Waals surface area contributed by atoms with E-state index in [-0.39, 0.29) is 0 Å². The van der Waals surface area contributed by atoms with E-state index in [0.717, 1.165) is 33.0 Å². The molecule has 0 bridgehead atoms. The van der Waals surface area contributed by atoms with Crippen molar-refractivity contribution < 1.29 is 0 Å². The van der Waals surface area contributed by atoms with Gasteiger partial charge in [-0.25, -0.2) is 15.0 Å². The van der Waals surface area contributed by atoms with Crippen LogP contribution in [0.2, 0.25) is 0 Å². The highest BCUT2D eigenvalue weighted by molar-refractivity contribution is 7.25. The van der Waals surface area contributed by atoms with Gasteiger partial charge < -0.3 is 0 Å². The van der Waals surface area contributed by atoms with Crippen LogP contribution in [-0.2, 0) is 0 Å². The Kier molecular flexibility index (Phi) is 7.35. The third-order valence-corrected chi connectivity index (χ3v) is 11.9. The molecule has 0 saturated carbocycles. The third-order valence-electron chi connectivity index (χ3n) is 10.7. The van der Waals surface area contributed by atoms with Crippen LogP contribution in [0, 0.1) is 0 Å². The lowest BCUT2D eigenvalue weighted by Crippen LogP contribution is -2.00. The first-order valence-electron chi connectivity index (χ1n) is 18.5. The van der Waals surface area contributed by atoms with Gasteiger partial charge in [-0.05, 0) is 61.3 Å². The fraction of sp³-hybridized carbons (Fsp3) is 0. The van der Waals surface area contributed by atoms with Crippen molar-refractivity contribution in [3.8, 4) is 56.4 Å². The summed E-state index contributed by atoms with van der Waals surface area (Å²) in [5, 5.41) is 9.65. The lowest BCUT2D eigenvalue weighted by molar-refractivity contribution is 1.08. The average molecular weight is 718 g/mol. The van der Waals surface area contributed by atoms with E-state index in [2.05, 4.69) is 188 Å². The maximum atomic E-state index is 5.24. The molecule has 0 atom stereocenters. The molecule has 9 aromatic carbocycles. The first-order valence-corrected chi connectivity index (χ1v) is 19.3. The van der Waals surface area contributed by atoms with E-state index in [1.54, 1.807) is 11.3 Å². The predicted octanol–water partition coefficient (Wildman–Crippen LogP) is 14.0. The molecule has 0 aliphatic rings. The molecule has 3 nitrogen and oxygen atoms in total. The first kappa shape index (κ1) is 31.5. The Labute approximate surface area is 321 Å². The topological polar surface area (TPSA) is 38.7 Å². The van der Waals surface area contributed by atoms with Crippen molar-refractivity contribution >= 4 is 63.8 Å². The van der Waals surface area contributed by atoms with Gasteiger partial charge in [0.25, 0.3) is 0 Å². The Hall–Kier alpha value is -7.01. The van der Waals surface area contributed by atoms with Crippen LogP contribution in [0.15, 0.2) is 188 Å². The summed E-state index contributed by atoms with van der Waals surface area (Å²) in [5.41, 5.74) is 7.66. The van der Waals surface area contributed by atoms with Crippen LogP contribution in [-0.4, -0.2) is 15.0 Å². The van der Waals surface area contributed by atoms with Crippen LogP contribution in [0.1, 0.15) is 0 Å². The predicted molar refractivity (Wildman–Crippen MR) is 232 cm³/mol. The second kappa shape index (κ2) is 12.8. The minimum Gasteiger partial charge on any atom is -0.208 e. The van der Waals surface area contributed by atoms with Crippen molar-refractivity contribution in [3.05, 3.63) is 188 Å². The molecule has 0 aliphatic carbocycles. The molecule has 0 saturated heterocycles. The van der Waals surface area contributed by atoms with Gasteiger partial charge >= 0.3 is 0 Å². The minimum absolute atomic E-state index is 0.642. The highest BCUT2D eigenvalue weighted by Crippen LogP contribution is 2.40. The van der Waals surface area contributed by atoms with Gasteiger partial charge in [0.2, 0.25) is 0 Å². The van der Waals surface area contributed by atoms with Gasteiger partial charge in [-0.15, -0.1) is 11.3 Å². The zero-order valence-electron chi connectivity index (χ0n) is 29.6. The number of thiophene rings is 1. The number of nitrogens with zero attached hydrogens (tertiary/aromatic N) is 3. The zero-order valence-corrected chi connectivity index (χ0v) is 30.5. The summed E-state index contributed by atoms with van der Waals surface area (Å²) in [7, 11) is 0. The second-order valence-electron chi connectivity index (χ2n) is 14.0. The Bertz CT molecular complexity index is 3250. The van der Waals surface area contributed by atoms with Gasteiger partial charge in [-0.1, -0.05) is 176 Å². The minimum atomic E-state index is 0.642. The standard InChI is InChI=1S/C51H31N3S/c1-2-11-32(12-3-1)40-19-8-14-35-15-9-20-41(47(35)40)34-24-27-37(28-25-34)49-52-50(38-29-30-43-42-18-6-7-22-45(42)55-46(43)31-38)54-51(53-49)44-21-10-16-36-26-23-33-13-4-5-17-39(33)48(36)44/h1-31H. The second-order valence-corrected chi connectivity index (χ2v) is 15.0. The van der Waals surface area contributed by atoms with Crippen LogP contribution in [0.5, 0.6) is 0 Å². The first-order chi connectivity index (χ1) is 27.2. The normalized spacial score (nSPS) is 11.6. The third kappa shape index (κ3) is 5.38. The quantitative estimate of drug-likeness (QED) is 0.166. The van der Waals surface area contributed by atoms with E-state index in [9.17, 15) is 0 Å². The van der Waals surface area contributed by atoms with Crippen molar-refractivity contribution in [1.82, 2.24) is 15.0 Å². The summed E-state index contributed by atoms with van der Waals surface area (Å²) in [6, 6.07) is 66.9. The molecule has 55 heavy (non-hydrogen) atoms.